The fraction of sp³-hybridized carbons (Fsp3) is 0.192. The smallest absolute Gasteiger partial charge is 0.209 e. The summed E-state index contributed by atoms with van der Waals surface area (Å²) in [5.74, 6) is 0. The standard InChI is InChI=1S/C26H26NO2S.HI/c1-5-27-24-17-16-22(30(28,29)21-14-10-7-11-15-21)18-23(24)26(3,4)25(27)19(2)20-12-8-6-9-13-20;/h6-18H,2,5H2,1,3-4H3;1H/q+1;/p-1. The minimum absolute atomic E-state index is 0. The van der Waals surface area contributed by atoms with Crippen LogP contribution in [0.15, 0.2) is 95.2 Å². The van der Waals surface area contributed by atoms with Crippen molar-refractivity contribution < 1.29 is 37.0 Å². The van der Waals surface area contributed by atoms with Crippen molar-refractivity contribution >= 4 is 26.8 Å². The Morgan fingerprint density at radius 1 is 0.903 bits per heavy atom. The van der Waals surface area contributed by atoms with Crippen LogP contribution in [0, 0.1) is 0 Å². The van der Waals surface area contributed by atoms with Gasteiger partial charge in [0.25, 0.3) is 0 Å². The number of sulfone groups is 1. The molecule has 3 aromatic carbocycles. The highest BCUT2D eigenvalue weighted by Gasteiger charge is 2.47. The van der Waals surface area contributed by atoms with Crippen molar-refractivity contribution in [2.45, 2.75) is 36.0 Å². The fourth-order valence-electron chi connectivity index (χ4n) is 4.38. The average Bonchev–Trinajstić information content (AvgIpc) is 3.00. The van der Waals surface area contributed by atoms with Gasteiger partial charge in [-0.3, -0.25) is 0 Å². The quantitative estimate of drug-likeness (QED) is 0.367. The zero-order valence-corrected chi connectivity index (χ0v) is 20.9. The highest BCUT2D eigenvalue weighted by molar-refractivity contribution is 7.91. The number of rotatable bonds is 5. The molecule has 5 heteroatoms. The van der Waals surface area contributed by atoms with Gasteiger partial charge < -0.3 is 24.0 Å². The number of halogens is 1. The SMILES string of the molecule is C=C(C1=[N+](CC)c2ccc(S(=O)(=O)c3ccccc3)cc2C1(C)C)c1ccccc1.[I-]. The van der Waals surface area contributed by atoms with E-state index < -0.39 is 9.84 Å². The van der Waals surface area contributed by atoms with Crippen molar-refractivity contribution in [2.75, 3.05) is 6.54 Å². The molecule has 160 valence electrons. The maximum absolute atomic E-state index is 13.2. The molecule has 0 aliphatic carbocycles. The van der Waals surface area contributed by atoms with Crippen LogP contribution in [0.2, 0.25) is 0 Å². The van der Waals surface area contributed by atoms with E-state index in [-0.39, 0.29) is 29.4 Å². The van der Waals surface area contributed by atoms with Crippen molar-refractivity contribution in [3.05, 3.63) is 96.6 Å². The van der Waals surface area contributed by atoms with Gasteiger partial charge in [0, 0.05) is 17.2 Å². The van der Waals surface area contributed by atoms with Crippen LogP contribution < -0.4 is 24.0 Å². The Bertz CT molecular complexity index is 1260. The van der Waals surface area contributed by atoms with Gasteiger partial charge in [-0.25, -0.2) is 8.42 Å². The third kappa shape index (κ3) is 3.89. The summed E-state index contributed by atoms with van der Waals surface area (Å²) in [6, 6.07) is 24.2. The van der Waals surface area contributed by atoms with E-state index in [9.17, 15) is 8.42 Å². The Morgan fingerprint density at radius 2 is 1.48 bits per heavy atom. The van der Waals surface area contributed by atoms with E-state index in [2.05, 4.69) is 44.1 Å². The maximum Gasteiger partial charge on any atom is 0.209 e. The third-order valence-electron chi connectivity index (χ3n) is 5.88. The lowest BCUT2D eigenvalue weighted by molar-refractivity contribution is -0.432. The van der Waals surface area contributed by atoms with Crippen LogP contribution in [0.3, 0.4) is 0 Å². The van der Waals surface area contributed by atoms with E-state index >= 15 is 0 Å². The van der Waals surface area contributed by atoms with Gasteiger partial charge in [-0.15, -0.1) is 0 Å². The molecule has 3 nitrogen and oxygen atoms in total. The van der Waals surface area contributed by atoms with Crippen LogP contribution in [0.4, 0.5) is 5.69 Å². The number of fused-ring (bicyclic) bond motifs is 1. The van der Waals surface area contributed by atoms with Gasteiger partial charge in [-0.05, 0) is 50.6 Å². The molecular formula is C26H26INO2S. The molecule has 0 aromatic heterocycles. The molecular weight excluding hydrogens is 517 g/mol. The number of nitrogens with zero attached hydrogens (tertiary/aromatic N) is 1. The van der Waals surface area contributed by atoms with Crippen molar-refractivity contribution in [3.8, 4) is 0 Å². The van der Waals surface area contributed by atoms with E-state index in [1.54, 1.807) is 30.3 Å². The minimum Gasteiger partial charge on any atom is -1.00 e. The minimum atomic E-state index is -3.58. The fourth-order valence-corrected chi connectivity index (χ4v) is 5.69. The first-order valence-electron chi connectivity index (χ1n) is 10.1. The normalized spacial score (nSPS) is 14.7. The molecule has 0 unspecified atom stereocenters. The predicted octanol–water partition coefficient (Wildman–Crippen LogP) is 2.63. The molecule has 0 N–H and O–H groups in total. The van der Waals surface area contributed by atoms with Crippen LogP contribution in [0.25, 0.3) is 5.57 Å². The lowest BCUT2D eigenvalue weighted by Crippen LogP contribution is -3.00. The van der Waals surface area contributed by atoms with E-state index in [0.717, 1.165) is 34.6 Å². The van der Waals surface area contributed by atoms with Gasteiger partial charge in [0.1, 0.15) is 6.54 Å². The van der Waals surface area contributed by atoms with Crippen LogP contribution in [-0.2, 0) is 15.3 Å². The predicted molar refractivity (Wildman–Crippen MR) is 122 cm³/mol. The highest BCUT2D eigenvalue weighted by Crippen LogP contribution is 2.44. The largest absolute Gasteiger partial charge is 1.00 e. The first-order chi connectivity index (χ1) is 14.3. The average molecular weight is 543 g/mol. The summed E-state index contributed by atoms with van der Waals surface area (Å²) in [4.78, 5) is 0.633. The molecule has 0 bridgehead atoms. The number of allylic oxidation sites excluding steroid dienone is 1. The summed E-state index contributed by atoms with van der Waals surface area (Å²) in [6.45, 7) is 11.6. The number of hydrogen-bond donors (Lipinski definition) is 0. The second-order valence-corrected chi connectivity index (χ2v) is 10.0. The van der Waals surface area contributed by atoms with E-state index in [1.807, 2.05) is 36.4 Å². The van der Waals surface area contributed by atoms with Crippen molar-refractivity contribution in [2.24, 2.45) is 0 Å². The summed E-state index contributed by atoms with van der Waals surface area (Å²) < 4.78 is 28.6. The number of benzene rings is 3. The molecule has 4 rings (SSSR count). The van der Waals surface area contributed by atoms with Gasteiger partial charge in [0.15, 0.2) is 5.71 Å². The first-order valence-corrected chi connectivity index (χ1v) is 11.6. The lowest BCUT2D eigenvalue weighted by atomic mass is 9.78. The molecule has 0 atom stereocenters. The van der Waals surface area contributed by atoms with Crippen LogP contribution in [-0.4, -0.2) is 25.2 Å². The van der Waals surface area contributed by atoms with Gasteiger partial charge in [0.2, 0.25) is 15.5 Å². The van der Waals surface area contributed by atoms with Crippen molar-refractivity contribution in [3.63, 3.8) is 0 Å². The van der Waals surface area contributed by atoms with Gasteiger partial charge in [-0.2, -0.15) is 4.58 Å². The Hall–Kier alpha value is -2.25. The van der Waals surface area contributed by atoms with Crippen LogP contribution >= 0.6 is 0 Å². The van der Waals surface area contributed by atoms with E-state index in [0.29, 0.717) is 9.79 Å². The molecule has 0 spiro atoms. The molecule has 0 saturated heterocycles. The third-order valence-corrected chi connectivity index (χ3v) is 7.65. The van der Waals surface area contributed by atoms with Crippen molar-refractivity contribution in [1.29, 1.82) is 0 Å². The first kappa shape index (κ1) is 23.4. The molecule has 0 saturated carbocycles. The molecule has 0 fully saturated rings. The summed E-state index contributed by atoms with van der Waals surface area (Å²) in [7, 11) is -3.58. The molecule has 1 aliphatic rings. The lowest BCUT2D eigenvalue weighted by Gasteiger charge is -2.20. The summed E-state index contributed by atoms with van der Waals surface area (Å²) in [6.07, 6.45) is 0. The maximum atomic E-state index is 13.2. The molecule has 1 aliphatic heterocycles. The summed E-state index contributed by atoms with van der Waals surface area (Å²) in [5.41, 5.74) is 4.83. The van der Waals surface area contributed by atoms with Gasteiger partial charge >= 0.3 is 0 Å². The second-order valence-electron chi connectivity index (χ2n) is 8.06. The number of hydrogen-bond acceptors (Lipinski definition) is 2. The summed E-state index contributed by atoms with van der Waals surface area (Å²) >= 11 is 0. The Labute approximate surface area is 202 Å². The molecule has 31 heavy (non-hydrogen) atoms. The Kier molecular flexibility index (Phi) is 6.58. The van der Waals surface area contributed by atoms with Crippen LogP contribution in [0.5, 0.6) is 0 Å². The topological polar surface area (TPSA) is 37.1 Å². The highest BCUT2D eigenvalue weighted by atomic mass is 127. The molecule has 0 radical (unpaired) electrons. The van der Waals surface area contributed by atoms with E-state index in [1.165, 1.54) is 0 Å². The molecule has 3 aromatic rings. The summed E-state index contributed by atoms with van der Waals surface area (Å²) in [5, 5.41) is 0. The van der Waals surface area contributed by atoms with Crippen LogP contribution in [0.1, 0.15) is 31.9 Å². The van der Waals surface area contributed by atoms with Gasteiger partial charge in [0.05, 0.1) is 15.2 Å². The Morgan fingerprint density at radius 3 is 2.06 bits per heavy atom. The Balaban J connectivity index is 0.00000272. The van der Waals surface area contributed by atoms with Gasteiger partial charge in [-0.1, -0.05) is 55.1 Å². The zero-order chi connectivity index (χ0) is 21.5. The molecule has 1 heterocycles. The second kappa shape index (κ2) is 8.71. The van der Waals surface area contributed by atoms with Crippen molar-refractivity contribution in [1.82, 2.24) is 0 Å². The zero-order valence-electron chi connectivity index (χ0n) is 18.0. The molecule has 0 amide bonds. The van der Waals surface area contributed by atoms with E-state index in [4.69, 9.17) is 0 Å². The monoisotopic (exact) mass is 543 g/mol.